The second kappa shape index (κ2) is 13.0. The molecule has 0 aliphatic heterocycles. The molecule has 1 aliphatic rings. The van der Waals surface area contributed by atoms with Gasteiger partial charge in [-0.15, -0.1) is 0 Å². The van der Waals surface area contributed by atoms with Crippen molar-refractivity contribution in [3.8, 4) is 34.5 Å². The minimum Gasteiger partial charge on any atom is -0.867 e. The molecule has 1 aliphatic carbocycles. The first kappa shape index (κ1) is 26.3. The molecule has 1 unspecified atom stereocenters. The molecule has 0 saturated heterocycles. The van der Waals surface area contributed by atoms with Crippen LogP contribution in [0.25, 0.3) is 6.08 Å². The number of benzene rings is 3. The average Bonchev–Trinajstić information content (AvgIpc) is 3.14. The molecule has 0 heterocycles. The van der Waals surface area contributed by atoms with Gasteiger partial charge in [0, 0.05) is 0 Å². The first-order valence-corrected chi connectivity index (χ1v) is 11.5. The average molecular weight is 527 g/mol. The molecule has 0 bridgehead atoms. The Morgan fingerprint density at radius 3 is 1.39 bits per heavy atom. The van der Waals surface area contributed by atoms with Crippen LogP contribution in [0.2, 0.25) is 0 Å². The largest absolute Gasteiger partial charge is 0.867 e. The zero-order valence-electron chi connectivity index (χ0n) is 19.4. The van der Waals surface area contributed by atoms with Crippen molar-refractivity contribution >= 4 is 6.08 Å². The van der Waals surface area contributed by atoms with E-state index >= 15 is 0 Å². The molecular formula is C26H27O6Zr. The van der Waals surface area contributed by atoms with Crippen molar-refractivity contribution in [1.82, 2.24) is 0 Å². The van der Waals surface area contributed by atoms with Crippen LogP contribution in [0.15, 0.2) is 66.2 Å². The van der Waals surface area contributed by atoms with Crippen LogP contribution in [0.4, 0.5) is 0 Å². The van der Waals surface area contributed by atoms with Gasteiger partial charge in [-0.25, -0.2) is 0 Å². The molecule has 7 heteroatoms. The standard InChI is InChI=1S/C10H9.2C8H10O3.Zr/c1-8-6-9-4-2-3-5-10(9)7-8;2*1-10-6-4-3-5-7(11-2)8(6)9;/h2-7H,1H3;2*3-5,9H,1-2H3;/q;;;+2/p-2. The van der Waals surface area contributed by atoms with Gasteiger partial charge in [0.15, 0.2) is 0 Å². The van der Waals surface area contributed by atoms with E-state index < -0.39 is 0 Å². The van der Waals surface area contributed by atoms with Crippen molar-refractivity contribution in [3.05, 3.63) is 77.4 Å². The van der Waals surface area contributed by atoms with Crippen LogP contribution in [0.5, 0.6) is 34.5 Å². The van der Waals surface area contributed by atoms with Crippen LogP contribution >= 0.6 is 0 Å². The maximum Gasteiger partial charge on any atom is 0.114 e. The zero-order chi connectivity index (χ0) is 24.4. The molecule has 3 aromatic carbocycles. The van der Waals surface area contributed by atoms with E-state index in [1.54, 1.807) is 61.1 Å². The van der Waals surface area contributed by atoms with Gasteiger partial charge in [0.1, 0.15) is 23.0 Å². The van der Waals surface area contributed by atoms with Gasteiger partial charge in [-0.05, 0) is 35.8 Å². The number of methoxy groups -OCH3 is 4. The summed E-state index contributed by atoms with van der Waals surface area (Å²) in [5.41, 5.74) is 4.46. The van der Waals surface area contributed by atoms with E-state index in [2.05, 4.69) is 37.3 Å². The van der Waals surface area contributed by atoms with Gasteiger partial charge < -0.3 is 29.2 Å². The predicted octanol–water partition coefficient (Wildman–Crippen LogP) is 4.25. The van der Waals surface area contributed by atoms with Gasteiger partial charge in [0.05, 0.1) is 28.4 Å². The van der Waals surface area contributed by atoms with E-state index in [-0.39, 0.29) is 11.5 Å². The maximum absolute atomic E-state index is 11.2. The second-order valence-corrected chi connectivity index (χ2v) is 8.35. The van der Waals surface area contributed by atoms with Gasteiger partial charge in [-0.2, -0.15) is 0 Å². The van der Waals surface area contributed by atoms with Crippen molar-refractivity contribution in [3.63, 3.8) is 0 Å². The molecule has 4 rings (SSSR count). The van der Waals surface area contributed by atoms with Crippen LogP contribution in [-0.2, 0) is 24.7 Å². The van der Waals surface area contributed by atoms with Crippen molar-refractivity contribution in [2.75, 3.05) is 28.4 Å². The van der Waals surface area contributed by atoms with E-state index in [0.29, 0.717) is 23.0 Å². The molecule has 0 aromatic heterocycles. The molecular weight excluding hydrogens is 500 g/mol. The predicted molar refractivity (Wildman–Crippen MR) is 121 cm³/mol. The fraction of sp³-hybridized carbons (Fsp3) is 0.231. The summed E-state index contributed by atoms with van der Waals surface area (Å²) in [6.07, 6.45) is 2.30. The SMILES string of the molecule is CC1=Cc2ccccc2[CH]1[Zr+2].COc1cccc(OC)c1[O-].COc1cccc(OC)c1[O-]. The summed E-state index contributed by atoms with van der Waals surface area (Å²) in [6.45, 7) is 2.22. The van der Waals surface area contributed by atoms with Crippen LogP contribution in [-0.4, -0.2) is 28.4 Å². The van der Waals surface area contributed by atoms with Crippen LogP contribution in [0, 0.1) is 0 Å². The summed E-state index contributed by atoms with van der Waals surface area (Å²) in [6, 6.07) is 18.5. The summed E-state index contributed by atoms with van der Waals surface area (Å²) in [7, 11) is 5.82. The monoisotopic (exact) mass is 525 g/mol. The quantitative estimate of drug-likeness (QED) is 0.506. The van der Waals surface area contributed by atoms with Crippen LogP contribution < -0.4 is 29.2 Å². The summed E-state index contributed by atoms with van der Waals surface area (Å²) in [4.78, 5) is 0. The van der Waals surface area contributed by atoms with Gasteiger partial charge in [0.2, 0.25) is 0 Å². The first-order valence-electron chi connectivity index (χ1n) is 10.1. The Hall–Kier alpha value is -2.92. The van der Waals surface area contributed by atoms with Crippen LogP contribution in [0.1, 0.15) is 21.7 Å². The van der Waals surface area contributed by atoms with Gasteiger partial charge in [-0.3, -0.25) is 0 Å². The van der Waals surface area contributed by atoms with Crippen LogP contribution in [0.3, 0.4) is 0 Å². The van der Waals surface area contributed by atoms with E-state index in [9.17, 15) is 10.2 Å². The molecule has 6 nitrogen and oxygen atoms in total. The third-order valence-corrected chi connectivity index (χ3v) is 6.79. The molecule has 0 amide bonds. The molecule has 1 atom stereocenters. The number of rotatable bonds is 4. The van der Waals surface area contributed by atoms with Crippen molar-refractivity contribution < 1.29 is 53.9 Å². The van der Waals surface area contributed by atoms with E-state index in [0.717, 1.165) is 3.63 Å². The Bertz CT molecular complexity index is 982. The minimum atomic E-state index is -0.211. The van der Waals surface area contributed by atoms with Gasteiger partial charge in [0.25, 0.3) is 0 Å². The van der Waals surface area contributed by atoms with Crippen molar-refractivity contribution in [2.24, 2.45) is 0 Å². The van der Waals surface area contributed by atoms with Gasteiger partial charge >= 0.3 is 82.3 Å². The number of hydrogen-bond donors (Lipinski definition) is 0. The van der Waals surface area contributed by atoms with E-state index in [1.165, 1.54) is 45.1 Å². The van der Waals surface area contributed by atoms with Gasteiger partial charge in [-0.1, -0.05) is 12.1 Å². The Balaban J connectivity index is 0.000000175. The summed E-state index contributed by atoms with van der Waals surface area (Å²) in [5.74, 6) is 0.817. The summed E-state index contributed by atoms with van der Waals surface area (Å²) in [5, 5.41) is 22.4. The number of para-hydroxylation sites is 2. The number of ether oxygens (including phenoxy) is 4. The fourth-order valence-electron chi connectivity index (χ4n) is 3.11. The minimum absolute atomic E-state index is 0.211. The molecule has 0 spiro atoms. The Kier molecular flexibility index (Phi) is 10.3. The number of fused-ring (bicyclic) bond motifs is 1. The van der Waals surface area contributed by atoms with E-state index in [1.807, 2.05) is 0 Å². The normalized spacial score (nSPS) is 13.3. The Morgan fingerprint density at radius 2 is 1.03 bits per heavy atom. The Labute approximate surface area is 210 Å². The third-order valence-electron chi connectivity index (χ3n) is 4.91. The topological polar surface area (TPSA) is 83.0 Å². The van der Waals surface area contributed by atoms with Crippen molar-refractivity contribution in [1.29, 1.82) is 0 Å². The second-order valence-electron chi connectivity index (χ2n) is 6.93. The maximum atomic E-state index is 11.2. The summed E-state index contributed by atoms with van der Waals surface area (Å²) < 4.78 is 19.9. The molecule has 3 aromatic rings. The smallest absolute Gasteiger partial charge is 0.114 e. The molecule has 0 saturated carbocycles. The number of hydrogen-bond acceptors (Lipinski definition) is 6. The molecule has 171 valence electrons. The molecule has 0 radical (unpaired) electrons. The fourth-order valence-corrected chi connectivity index (χ4v) is 3.96. The zero-order valence-corrected chi connectivity index (χ0v) is 21.8. The van der Waals surface area contributed by atoms with Crippen molar-refractivity contribution in [2.45, 2.75) is 10.5 Å². The third kappa shape index (κ3) is 6.78. The number of allylic oxidation sites excluding steroid dienone is 1. The molecule has 0 fully saturated rings. The molecule has 33 heavy (non-hydrogen) atoms. The molecule has 0 N–H and O–H groups in total. The summed E-state index contributed by atoms with van der Waals surface area (Å²) >= 11 is 1.60. The Morgan fingerprint density at radius 1 is 0.636 bits per heavy atom. The van der Waals surface area contributed by atoms with E-state index in [4.69, 9.17) is 18.9 Å². The first-order chi connectivity index (χ1) is 15.9.